The van der Waals surface area contributed by atoms with Gasteiger partial charge in [0.25, 0.3) is 11.8 Å². The molecule has 0 bridgehead atoms. The number of nitrogens with zero attached hydrogens (tertiary/aromatic N) is 1. The van der Waals surface area contributed by atoms with Gasteiger partial charge >= 0.3 is 0 Å². The topological polar surface area (TPSA) is 58.6 Å². The van der Waals surface area contributed by atoms with Crippen molar-refractivity contribution in [1.29, 1.82) is 0 Å². The molecule has 0 radical (unpaired) electrons. The molecule has 0 aliphatic rings. The molecule has 26 heavy (non-hydrogen) atoms. The smallest absolute Gasteiger partial charge is 0.253 e. The minimum atomic E-state index is -0.186. The summed E-state index contributed by atoms with van der Waals surface area (Å²) in [4.78, 5) is 26.6. The molecule has 138 valence electrons. The van der Waals surface area contributed by atoms with Crippen LogP contribution in [0.2, 0.25) is 0 Å². The lowest BCUT2D eigenvalue weighted by Gasteiger charge is -2.18. The monoisotopic (exact) mass is 354 g/mol. The molecule has 0 atom stereocenters. The number of ether oxygens (including phenoxy) is 1. The van der Waals surface area contributed by atoms with E-state index >= 15 is 0 Å². The summed E-state index contributed by atoms with van der Waals surface area (Å²) in [7, 11) is 1.63. The summed E-state index contributed by atoms with van der Waals surface area (Å²) in [6.45, 7) is 5.66. The highest BCUT2D eigenvalue weighted by Gasteiger charge is 2.14. The van der Waals surface area contributed by atoms with Crippen LogP contribution in [0.4, 0.5) is 0 Å². The van der Waals surface area contributed by atoms with Crippen molar-refractivity contribution in [1.82, 2.24) is 10.2 Å². The second-order valence-electron chi connectivity index (χ2n) is 5.88. The molecule has 5 heteroatoms. The Hall–Kier alpha value is -2.82. The van der Waals surface area contributed by atoms with Crippen molar-refractivity contribution in [3.63, 3.8) is 0 Å². The highest BCUT2D eigenvalue weighted by molar-refractivity contribution is 5.99. The number of hydrogen-bond acceptors (Lipinski definition) is 3. The third kappa shape index (κ3) is 4.85. The summed E-state index contributed by atoms with van der Waals surface area (Å²) >= 11 is 0. The first-order valence-corrected chi connectivity index (χ1v) is 8.90. The fourth-order valence-corrected chi connectivity index (χ4v) is 2.81. The van der Waals surface area contributed by atoms with Crippen LogP contribution in [0, 0.1) is 0 Å². The molecule has 0 saturated heterocycles. The lowest BCUT2D eigenvalue weighted by Crippen LogP contribution is -2.31. The molecule has 0 aliphatic carbocycles. The molecule has 0 aromatic heterocycles. The predicted molar refractivity (Wildman–Crippen MR) is 103 cm³/mol. The van der Waals surface area contributed by atoms with Crippen molar-refractivity contribution < 1.29 is 14.3 Å². The molecule has 0 spiro atoms. The number of nitrogens with one attached hydrogen (secondary N) is 1. The van der Waals surface area contributed by atoms with Gasteiger partial charge in [0, 0.05) is 30.8 Å². The van der Waals surface area contributed by atoms with Gasteiger partial charge in [0.1, 0.15) is 5.75 Å². The third-order valence-electron chi connectivity index (χ3n) is 4.29. The van der Waals surface area contributed by atoms with Crippen molar-refractivity contribution in [2.24, 2.45) is 0 Å². The molecule has 2 aromatic carbocycles. The molecule has 0 unspecified atom stereocenters. The maximum Gasteiger partial charge on any atom is 0.253 e. The fraction of sp³-hybridized carbons (Fsp3) is 0.333. The van der Waals surface area contributed by atoms with E-state index in [9.17, 15) is 9.59 Å². The molecule has 5 nitrogen and oxygen atoms in total. The summed E-state index contributed by atoms with van der Waals surface area (Å²) in [5.74, 6) is 0.571. The second-order valence-corrected chi connectivity index (χ2v) is 5.88. The van der Waals surface area contributed by atoms with Crippen molar-refractivity contribution >= 4 is 11.8 Å². The van der Waals surface area contributed by atoms with Gasteiger partial charge in [-0.3, -0.25) is 9.59 Å². The van der Waals surface area contributed by atoms with Gasteiger partial charge in [0.15, 0.2) is 0 Å². The van der Waals surface area contributed by atoms with Gasteiger partial charge in [0.05, 0.1) is 7.11 Å². The molecule has 0 fully saturated rings. The summed E-state index contributed by atoms with van der Waals surface area (Å²) in [6.07, 6.45) is 0.674. The Morgan fingerprint density at radius 1 is 1.00 bits per heavy atom. The van der Waals surface area contributed by atoms with Crippen LogP contribution in [0.3, 0.4) is 0 Å². The van der Waals surface area contributed by atoms with Crippen LogP contribution in [0.1, 0.15) is 40.1 Å². The average molecular weight is 354 g/mol. The lowest BCUT2D eigenvalue weighted by molar-refractivity contribution is 0.0773. The Bertz CT molecular complexity index is 754. The number of carbonyl (C=O) groups is 2. The van der Waals surface area contributed by atoms with E-state index in [0.29, 0.717) is 37.2 Å². The van der Waals surface area contributed by atoms with E-state index in [0.717, 1.165) is 11.3 Å². The van der Waals surface area contributed by atoms with E-state index < -0.39 is 0 Å². The van der Waals surface area contributed by atoms with Crippen LogP contribution >= 0.6 is 0 Å². The average Bonchev–Trinajstić information content (AvgIpc) is 2.69. The third-order valence-corrected chi connectivity index (χ3v) is 4.29. The van der Waals surface area contributed by atoms with E-state index in [2.05, 4.69) is 5.32 Å². The van der Waals surface area contributed by atoms with Crippen LogP contribution in [-0.2, 0) is 6.42 Å². The van der Waals surface area contributed by atoms with Crippen LogP contribution in [-0.4, -0.2) is 43.5 Å². The number of para-hydroxylation sites is 1. The van der Waals surface area contributed by atoms with E-state index in [-0.39, 0.29) is 11.8 Å². The molecule has 2 aromatic rings. The number of amides is 2. The van der Waals surface area contributed by atoms with Gasteiger partial charge in [-0.2, -0.15) is 0 Å². The first kappa shape index (κ1) is 19.5. The van der Waals surface area contributed by atoms with Gasteiger partial charge in [0.2, 0.25) is 0 Å². The Balaban J connectivity index is 1.99. The van der Waals surface area contributed by atoms with Crippen LogP contribution in [0.25, 0.3) is 0 Å². The first-order valence-electron chi connectivity index (χ1n) is 8.90. The zero-order valence-electron chi connectivity index (χ0n) is 15.6. The number of rotatable bonds is 8. The molecule has 2 rings (SSSR count). The maximum atomic E-state index is 12.4. The summed E-state index contributed by atoms with van der Waals surface area (Å²) in [6, 6.07) is 14.6. The minimum Gasteiger partial charge on any atom is -0.496 e. The molecule has 0 heterocycles. The predicted octanol–water partition coefficient (Wildman–Crippen LogP) is 3.15. The number of methoxy groups -OCH3 is 1. The standard InChI is InChI=1S/C21H26N2O3/c1-4-23(5-2)21(25)18-11-8-10-17(15-18)20(24)22-14-13-16-9-6-7-12-19(16)26-3/h6-12,15H,4-5,13-14H2,1-3H3,(H,22,24). The van der Waals surface area contributed by atoms with Crippen molar-refractivity contribution in [3.8, 4) is 5.75 Å². The highest BCUT2D eigenvalue weighted by atomic mass is 16.5. The molecular formula is C21H26N2O3. The van der Waals surface area contributed by atoms with Gasteiger partial charge in [-0.25, -0.2) is 0 Å². The number of hydrogen-bond donors (Lipinski definition) is 1. The fourth-order valence-electron chi connectivity index (χ4n) is 2.81. The van der Waals surface area contributed by atoms with Crippen LogP contribution in [0.5, 0.6) is 5.75 Å². The molecule has 1 N–H and O–H groups in total. The minimum absolute atomic E-state index is 0.0568. The van der Waals surface area contributed by atoms with E-state index in [1.165, 1.54) is 0 Å². The normalized spacial score (nSPS) is 10.3. The Labute approximate surface area is 155 Å². The summed E-state index contributed by atoms with van der Waals surface area (Å²) < 4.78 is 5.32. The molecule has 2 amide bonds. The number of benzene rings is 2. The Morgan fingerprint density at radius 2 is 1.69 bits per heavy atom. The maximum absolute atomic E-state index is 12.4. The van der Waals surface area contributed by atoms with Crippen molar-refractivity contribution in [3.05, 3.63) is 65.2 Å². The Morgan fingerprint density at radius 3 is 2.38 bits per heavy atom. The second kappa shape index (κ2) is 9.61. The summed E-state index contributed by atoms with van der Waals surface area (Å²) in [5.41, 5.74) is 2.06. The molecule has 0 saturated carbocycles. The van der Waals surface area contributed by atoms with Crippen LogP contribution < -0.4 is 10.1 Å². The highest BCUT2D eigenvalue weighted by Crippen LogP contribution is 2.17. The van der Waals surface area contributed by atoms with E-state index in [1.807, 2.05) is 38.1 Å². The quantitative estimate of drug-likeness (QED) is 0.792. The Kier molecular flexibility index (Phi) is 7.21. The SMILES string of the molecule is CCN(CC)C(=O)c1cccc(C(=O)NCCc2ccccc2OC)c1. The van der Waals surface area contributed by atoms with Crippen molar-refractivity contribution in [2.75, 3.05) is 26.7 Å². The van der Waals surface area contributed by atoms with Gasteiger partial charge in [-0.15, -0.1) is 0 Å². The van der Waals surface area contributed by atoms with Crippen LogP contribution in [0.15, 0.2) is 48.5 Å². The largest absolute Gasteiger partial charge is 0.496 e. The zero-order valence-corrected chi connectivity index (χ0v) is 15.6. The first-order chi connectivity index (χ1) is 12.6. The van der Waals surface area contributed by atoms with Crippen molar-refractivity contribution in [2.45, 2.75) is 20.3 Å². The number of carbonyl (C=O) groups excluding carboxylic acids is 2. The van der Waals surface area contributed by atoms with Gasteiger partial charge in [-0.1, -0.05) is 24.3 Å². The van der Waals surface area contributed by atoms with Gasteiger partial charge < -0.3 is 15.0 Å². The van der Waals surface area contributed by atoms with E-state index in [4.69, 9.17) is 4.74 Å². The summed E-state index contributed by atoms with van der Waals surface area (Å²) in [5, 5.41) is 2.90. The zero-order chi connectivity index (χ0) is 18.9. The molecule has 0 aliphatic heterocycles. The van der Waals surface area contributed by atoms with E-state index in [1.54, 1.807) is 36.3 Å². The lowest BCUT2D eigenvalue weighted by atomic mass is 10.1. The van der Waals surface area contributed by atoms with Gasteiger partial charge in [-0.05, 0) is 50.1 Å². The molecular weight excluding hydrogens is 328 g/mol.